The first-order valence-corrected chi connectivity index (χ1v) is 12.7. The largest absolute Gasteiger partial charge is 0.494 e. The first-order valence-electron chi connectivity index (χ1n) is 11.8. The fraction of sp³-hybridized carbons (Fsp3) is 0.222. The van der Waals surface area contributed by atoms with Gasteiger partial charge in [-0.1, -0.05) is 54.2 Å². The molecule has 0 aliphatic carbocycles. The summed E-state index contributed by atoms with van der Waals surface area (Å²) in [5, 5.41) is 1.90. The Morgan fingerprint density at radius 3 is 2.38 bits per heavy atom. The van der Waals surface area contributed by atoms with Crippen molar-refractivity contribution in [3.8, 4) is 5.75 Å². The average molecular weight is 517 g/mol. The fourth-order valence-electron chi connectivity index (χ4n) is 4.22. The molecule has 188 valence electrons. The molecule has 5 rings (SSSR count). The van der Waals surface area contributed by atoms with E-state index in [9.17, 15) is 19.2 Å². The van der Waals surface area contributed by atoms with Crippen molar-refractivity contribution in [3.05, 3.63) is 105 Å². The van der Waals surface area contributed by atoms with E-state index in [1.807, 2.05) is 54.6 Å². The number of carbonyl (C=O) groups excluding carboxylic acids is 2. The van der Waals surface area contributed by atoms with E-state index in [0.717, 1.165) is 28.6 Å². The van der Waals surface area contributed by atoms with Gasteiger partial charge in [0.15, 0.2) is 0 Å². The number of fused-ring (bicyclic) bond motifs is 1. The highest BCUT2D eigenvalue weighted by Crippen LogP contribution is 2.23. The van der Waals surface area contributed by atoms with Crippen LogP contribution in [0.1, 0.15) is 17.5 Å². The molecular formula is C27H24N4O5S. The molecule has 3 heterocycles. The van der Waals surface area contributed by atoms with E-state index in [0.29, 0.717) is 30.5 Å². The van der Waals surface area contributed by atoms with Crippen molar-refractivity contribution in [3.63, 3.8) is 0 Å². The molecule has 0 bridgehead atoms. The Hall–Kier alpha value is -4.18. The van der Waals surface area contributed by atoms with Crippen LogP contribution in [0.3, 0.4) is 0 Å². The minimum atomic E-state index is -0.441. The van der Waals surface area contributed by atoms with Crippen LogP contribution < -0.4 is 21.3 Å². The lowest BCUT2D eigenvalue weighted by Gasteiger charge is -2.14. The molecule has 1 unspecified atom stereocenters. The average Bonchev–Trinajstić information content (AvgIpc) is 3.23. The van der Waals surface area contributed by atoms with Crippen LogP contribution in [0.15, 0.2) is 82.5 Å². The normalized spacial score (nSPS) is 15.2. The second-order valence-corrected chi connectivity index (χ2v) is 9.79. The number of para-hydroxylation sites is 1. The van der Waals surface area contributed by atoms with Gasteiger partial charge in [-0.25, -0.2) is 9.78 Å². The number of aromatic nitrogens is 3. The van der Waals surface area contributed by atoms with Crippen molar-refractivity contribution >= 4 is 33.9 Å². The molecule has 1 aliphatic heterocycles. The summed E-state index contributed by atoms with van der Waals surface area (Å²) in [5.74, 6) is 0.455. The van der Waals surface area contributed by atoms with Crippen LogP contribution in [0.25, 0.3) is 11.0 Å². The summed E-state index contributed by atoms with van der Waals surface area (Å²) in [6.45, 7) is 0.810. The van der Waals surface area contributed by atoms with Crippen LogP contribution in [0, 0.1) is 0 Å². The van der Waals surface area contributed by atoms with Gasteiger partial charge in [-0.2, -0.15) is 0 Å². The number of carbonyl (C=O) groups is 2. The molecule has 2 aromatic heterocycles. The number of pyridine rings is 1. The summed E-state index contributed by atoms with van der Waals surface area (Å²) >= 11 is 0.994. The van der Waals surface area contributed by atoms with Crippen LogP contribution in [-0.2, 0) is 24.3 Å². The third-order valence-electron chi connectivity index (χ3n) is 6.07. The summed E-state index contributed by atoms with van der Waals surface area (Å²) < 4.78 is 8.45. The van der Waals surface area contributed by atoms with Crippen LogP contribution >= 0.6 is 11.8 Å². The Morgan fingerprint density at radius 1 is 0.892 bits per heavy atom. The first kappa shape index (κ1) is 24.5. The van der Waals surface area contributed by atoms with Crippen LogP contribution in [0.4, 0.5) is 4.79 Å². The zero-order valence-corrected chi connectivity index (χ0v) is 20.6. The molecule has 2 aromatic carbocycles. The van der Waals surface area contributed by atoms with Crippen molar-refractivity contribution in [1.82, 2.24) is 19.4 Å². The summed E-state index contributed by atoms with van der Waals surface area (Å²) in [6, 6.07) is 20.2. The lowest BCUT2D eigenvalue weighted by Crippen LogP contribution is -2.40. The number of ether oxygens (including phenoxy) is 1. The number of nitrogens with zero attached hydrogens (tertiary/aromatic N) is 3. The predicted octanol–water partition coefficient (Wildman–Crippen LogP) is 2.97. The minimum Gasteiger partial charge on any atom is -0.494 e. The van der Waals surface area contributed by atoms with E-state index in [4.69, 9.17) is 4.74 Å². The van der Waals surface area contributed by atoms with Crippen LogP contribution in [0.2, 0.25) is 0 Å². The number of rotatable bonds is 9. The lowest BCUT2D eigenvalue weighted by molar-refractivity contribution is -0.118. The predicted molar refractivity (Wildman–Crippen MR) is 141 cm³/mol. The molecule has 9 nitrogen and oxygen atoms in total. The van der Waals surface area contributed by atoms with E-state index >= 15 is 0 Å². The maximum absolute atomic E-state index is 13.4. The summed E-state index contributed by atoms with van der Waals surface area (Å²) in [7, 11) is 0. The summed E-state index contributed by atoms with van der Waals surface area (Å²) in [6.07, 6.45) is 2.48. The molecule has 1 aliphatic rings. The molecule has 1 saturated heterocycles. The third-order valence-corrected chi connectivity index (χ3v) is 7.05. The standard InChI is InChI=1S/C27H24N4O5S/c32-24-22(37-26(34)29-24)16-18-9-11-19(12-10-18)17-31-23-21(8-4-13-28-23)25(33)30(27(31)35)14-5-15-36-20-6-2-1-3-7-20/h1-4,6-13,22H,5,14-17H2,(H,29,32,34). The quantitative estimate of drug-likeness (QED) is 0.341. The summed E-state index contributed by atoms with van der Waals surface area (Å²) in [5.41, 5.74) is 1.27. The zero-order chi connectivity index (χ0) is 25.8. The van der Waals surface area contributed by atoms with Gasteiger partial charge in [0.25, 0.3) is 10.8 Å². The van der Waals surface area contributed by atoms with Gasteiger partial charge in [-0.3, -0.25) is 28.8 Å². The Kier molecular flexibility index (Phi) is 7.18. The number of thioether (sulfide) groups is 1. The molecule has 0 radical (unpaired) electrons. The Labute approximate surface area is 216 Å². The Bertz CT molecular complexity index is 1560. The fourth-order valence-corrected chi connectivity index (χ4v) is 5.08. The van der Waals surface area contributed by atoms with E-state index in [-0.39, 0.29) is 29.8 Å². The van der Waals surface area contributed by atoms with Gasteiger partial charge in [-0.15, -0.1) is 0 Å². The molecule has 1 atom stereocenters. The SMILES string of the molecule is O=C1NC(=O)C(Cc2ccc(Cn3c(=O)n(CCCOc4ccccc4)c(=O)c4cccnc43)cc2)S1. The van der Waals surface area contributed by atoms with E-state index in [2.05, 4.69) is 10.3 Å². The number of amides is 2. The highest BCUT2D eigenvalue weighted by atomic mass is 32.2. The molecule has 37 heavy (non-hydrogen) atoms. The first-order chi connectivity index (χ1) is 18.0. The van der Waals surface area contributed by atoms with Crippen molar-refractivity contribution in [2.45, 2.75) is 31.2 Å². The topological polar surface area (TPSA) is 112 Å². The lowest BCUT2D eigenvalue weighted by atomic mass is 10.1. The zero-order valence-electron chi connectivity index (χ0n) is 19.8. The molecule has 10 heteroatoms. The Morgan fingerprint density at radius 2 is 1.65 bits per heavy atom. The Balaban J connectivity index is 1.35. The van der Waals surface area contributed by atoms with Crippen LogP contribution in [0.5, 0.6) is 5.75 Å². The molecular weight excluding hydrogens is 492 g/mol. The number of benzene rings is 2. The van der Waals surface area contributed by atoms with Gasteiger partial charge in [0.05, 0.1) is 23.8 Å². The van der Waals surface area contributed by atoms with Gasteiger partial charge in [0.1, 0.15) is 11.4 Å². The second kappa shape index (κ2) is 10.8. The van der Waals surface area contributed by atoms with E-state index in [1.54, 1.807) is 18.3 Å². The monoisotopic (exact) mass is 516 g/mol. The van der Waals surface area contributed by atoms with E-state index in [1.165, 1.54) is 9.13 Å². The molecule has 1 fully saturated rings. The van der Waals surface area contributed by atoms with Gasteiger partial charge >= 0.3 is 5.69 Å². The number of nitrogens with one attached hydrogen (secondary N) is 1. The minimum absolute atomic E-state index is 0.216. The summed E-state index contributed by atoms with van der Waals surface area (Å²) in [4.78, 5) is 54.1. The van der Waals surface area contributed by atoms with Gasteiger partial charge in [0, 0.05) is 12.7 Å². The molecule has 1 N–H and O–H groups in total. The number of hydrogen-bond donors (Lipinski definition) is 1. The smallest absolute Gasteiger partial charge is 0.332 e. The molecule has 2 amide bonds. The van der Waals surface area contributed by atoms with E-state index < -0.39 is 10.9 Å². The highest BCUT2D eigenvalue weighted by molar-refractivity contribution is 8.15. The second-order valence-electron chi connectivity index (χ2n) is 8.62. The highest BCUT2D eigenvalue weighted by Gasteiger charge is 2.31. The van der Waals surface area contributed by atoms with Crippen molar-refractivity contribution in [2.24, 2.45) is 0 Å². The van der Waals surface area contributed by atoms with Crippen molar-refractivity contribution in [1.29, 1.82) is 0 Å². The molecule has 4 aromatic rings. The number of imide groups is 1. The molecule has 0 saturated carbocycles. The molecule has 0 spiro atoms. The van der Waals surface area contributed by atoms with Crippen molar-refractivity contribution in [2.75, 3.05) is 6.61 Å². The maximum atomic E-state index is 13.4. The maximum Gasteiger partial charge on any atom is 0.332 e. The van der Waals surface area contributed by atoms with Gasteiger partial charge in [0.2, 0.25) is 5.91 Å². The van der Waals surface area contributed by atoms with Gasteiger partial charge < -0.3 is 4.74 Å². The van der Waals surface area contributed by atoms with Gasteiger partial charge in [-0.05, 0) is 48.2 Å². The van der Waals surface area contributed by atoms with Crippen LogP contribution in [-0.4, -0.2) is 37.1 Å². The van der Waals surface area contributed by atoms with Crippen molar-refractivity contribution < 1.29 is 14.3 Å². The third kappa shape index (κ3) is 5.49. The number of hydrogen-bond acceptors (Lipinski definition) is 7.